The number of amides is 4. The number of benzene rings is 2. The number of anilines is 2. The van der Waals surface area contributed by atoms with E-state index in [2.05, 4.69) is 22.5 Å². The van der Waals surface area contributed by atoms with Crippen LogP contribution in [0.2, 0.25) is 0 Å². The molecule has 0 unspecified atom stereocenters. The van der Waals surface area contributed by atoms with Gasteiger partial charge in [-0.05, 0) is 98.9 Å². The van der Waals surface area contributed by atoms with Gasteiger partial charge < -0.3 is 20.4 Å². The zero-order valence-electron chi connectivity index (χ0n) is 24.8. The lowest BCUT2D eigenvalue weighted by Crippen LogP contribution is -2.38. The van der Waals surface area contributed by atoms with Crippen LogP contribution in [0.25, 0.3) is 0 Å². The van der Waals surface area contributed by atoms with Gasteiger partial charge in [0.15, 0.2) is 0 Å². The van der Waals surface area contributed by atoms with Gasteiger partial charge in [0.05, 0.1) is 6.54 Å². The van der Waals surface area contributed by atoms with Gasteiger partial charge in [-0.3, -0.25) is 19.2 Å². The maximum absolute atomic E-state index is 12.6. The molecule has 0 aliphatic heterocycles. The van der Waals surface area contributed by atoms with Crippen molar-refractivity contribution in [2.75, 3.05) is 37.3 Å². The van der Waals surface area contributed by atoms with Crippen molar-refractivity contribution < 1.29 is 19.2 Å². The van der Waals surface area contributed by atoms with Crippen molar-refractivity contribution in [2.24, 2.45) is 11.8 Å². The largest absolute Gasteiger partial charge is 0.346 e. The second-order valence-corrected chi connectivity index (χ2v) is 11.5. The molecule has 0 saturated heterocycles. The minimum Gasteiger partial charge on any atom is -0.346 e. The number of hydrogen-bond acceptors (Lipinski definition) is 4. The summed E-state index contributed by atoms with van der Waals surface area (Å²) in [6.45, 7) is 3.24. The molecule has 2 saturated carbocycles. The molecule has 0 atom stereocenters. The van der Waals surface area contributed by atoms with Crippen LogP contribution in [0.1, 0.15) is 75.8 Å². The van der Waals surface area contributed by atoms with Crippen LogP contribution in [-0.2, 0) is 19.2 Å². The molecular weight excluding hydrogens is 528 g/mol. The van der Waals surface area contributed by atoms with E-state index < -0.39 is 0 Å². The van der Waals surface area contributed by atoms with Gasteiger partial charge >= 0.3 is 0 Å². The molecule has 8 nitrogen and oxygen atoms in total. The summed E-state index contributed by atoms with van der Waals surface area (Å²) in [5.41, 5.74) is 2.98. The smallest absolute Gasteiger partial charge is 0.243 e. The van der Waals surface area contributed by atoms with Crippen molar-refractivity contribution in [3.63, 3.8) is 0 Å². The number of carbonyl (C=O) groups excluding carboxylic acids is 4. The number of rotatable bonds is 14. The van der Waals surface area contributed by atoms with Gasteiger partial charge in [0.1, 0.15) is 0 Å². The zero-order chi connectivity index (χ0) is 29.9. The first-order valence-electron chi connectivity index (χ1n) is 15.1. The van der Waals surface area contributed by atoms with E-state index in [9.17, 15) is 19.2 Å². The molecule has 0 radical (unpaired) electrons. The van der Waals surface area contributed by atoms with Crippen LogP contribution in [0, 0.1) is 23.7 Å². The molecule has 0 spiro atoms. The summed E-state index contributed by atoms with van der Waals surface area (Å²) in [4.78, 5) is 52.8. The fourth-order valence-corrected chi connectivity index (χ4v) is 4.60. The van der Waals surface area contributed by atoms with Crippen molar-refractivity contribution in [3.8, 4) is 11.8 Å². The first-order chi connectivity index (χ1) is 20.3. The molecule has 2 aromatic rings. The van der Waals surface area contributed by atoms with Gasteiger partial charge in [0.2, 0.25) is 23.6 Å². The van der Waals surface area contributed by atoms with Gasteiger partial charge in [-0.25, -0.2) is 0 Å². The van der Waals surface area contributed by atoms with Crippen molar-refractivity contribution in [3.05, 3.63) is 59.7 Å². The molecule has 2 fully saturated rings. The molecule has 2 N–H and O–H groups in total. The molecule has 8 heteroatoms. The van der Waals surface area contributed by atoms with Crippen molar-refractivity contribution in [2.45, 2.75) is 64.7 Å². The first-order valence-corrected chi connectivity index (χ1v) is 15.1. The van der Waals surface area contributed by atoms with Crippen LogP contribution in [0.4, 0.5) is 11.4 Å². The lowest BCUT2D eigenvalue weighted by molar-refractivity contribution is -0.135. The summed E-state index contributed by atoms with van der Waals surface area (Å²) < 4.78 is 0. The third-order valence-corrected chi connectivity index (χ3v) is 7.51. The molecule has 2 aliphatic rings. The predicted molar refractivity (Wildman–Crippen MR) is 165 cm³/mol. The van der Waals surface area contributed by atoms with E-state index in [4.69, 9.17) is 0 Å². The molecule has 0 heterocycles. The highest BCUT2D eigenvalue weighted by molar-refractivity contribution is 5.94. The molecule has 2 aromatic carbocycles. The van der Waals surface area contributed by atoms with Gasteiger partial charge in [-0.1, -0.05) is 18.8 Å². The average Bonchev–Trinajstić information content (AvgIpc) is 3.91. The van der Waals surface area contributed by atoms with Gasteiger partial charge in [-0.2, -0.15) is 0 Å². The molecule has 4 rings (SSSR count). The van der Waals surface area contributed by atoms with Crippen molar-refractivity contribution in [1.29, 1.82) is 0 Å². The Balaban J connectivity index is 1.18. The van der Waals surface area contributed by atoms with Gasteiger partial charge in [-0.15, -0.1) is 0 Å². The topological polar surface area (TPSA) is 98.8 Å². The minimum absolute atomic E-state index is 0.0620. The van der Waals surface area contributed by atoms with E-state index in [1.807, 2.05) is 43.3 Å². The van der Waals surface area contributed by atoms with Crippen LogP contribution < -0.4 is 10.6 Å². The molecule has 2 aliphatic carbocycles. The molecular formula is C34H42N4O4. The Labute approximate surface area is 249 Å². The predicted octanol–water partition coefficient (Wildman–Crippen LogP) is 5.04. The minimum atomic E-state index is -0.204. The maximum atomic E-state index is 12.6. The highest BCUT2D eigenvalue weighted by Gasteiger charge is 2.28. The van der Waals surface area contributed by atoms with Gasteiger partial charge in [0, 0.05) is 61.9 Å². The first kappa shape index (κ1) is 30.8. The van der Waals surface area contributed by atoms with E-state index in [0.717, 1.165) is 43.2 Å². The highest BCUT2D eigenvalue weighted by atomic mass is 16.2. The third-order valence-electron chi connectivity index (χ3n) is 7.51. The Morgan fingerprint density at radius 3 is 1.74 bits per heavy atom. The molecule has 222 valence electrons. The molecule has 0 bridgehead atoms. The normalized spacial score (nSPS) is 13.9. The van der Waals surface area contributed by atoms with Crippen LogP contribution in [0.15, 0.2) is 48.5 Å². The molecule has 0 aromatic heterocycles. The second-order valence-electron chi connectivity index (χ2n) is 11.5. The quantitative estimate of drug-likeness (QED) is 0.311. The fourth-order valence-electron chi connectivity index (χ4n) is 4.60. The lowest BCUT2D eigenvalue weighted by atomic mass is 10.1. The Morgan fingerprint density at radius 2 is 1.24 bits per heavy atom. The van der Waals surface area contributed by atoms with Crippen LogP contribution >= 0.6 is 0 Å². The second kappa shape index (κ2) is 15.2. The van der Waals surface area contributed by atoms with E-state index in [-0.39, 0.29) is 30.2 Å². The summed E-state index contributed by atoms with van der Waals surface area (Å²) in [5, 5.41) is 5.78. The third kappa shape index (κ3) is 10.7. The summed E-state index contributed by atoms with van der Waals surface area (Å²) in [5.74, 6) is 7.25. The monoisotopic (exact) mass is 570 g/mol. The Hall–Kier alpha value is -4.12. The summed E-state index contributed by atoms with van der Waals surface area (Å²) in [6.07, 6.45) is 7.51. The SMILES string of the molecule is CCCN(CC(=O)Nc1ccc(C#Cc2ccc(NC(=O)CCCN(C)C(=O)CC3CC3)cc2)cc1)C(=O)CC1CC1. The van der Waals surface area contributed by atoms with E-state index in [1.54, 1.807) is 29.0 Å². The number of nitrogens with zero attached hydrogens (tertiary/aromatic N) is 2. The number of hydrogen-bond donors (Lipinski definition) is 2. The average molecular weight is 571 g/mol. The van der Waals surface area contributed by atoms with E-state index in [0.29, 0.717) is 62.0 Å². The van der Waals surface area contributed by atoms with Crippen molar-refractivity contribution >= 4 is 35.0 Å². The summed E-state index contributed by atoms with van der Waals surface area (Å²) in [7, 11) is 1.80. The van der Waals surface area contributed by atoms with E-state index >= 15 is 0 Å². The van der Waals surface area contributed by atoms with Crippen molar-refractivity contribution in [1.82, 2.24) is 9.80 Å². The lowest BCUT2D eigenvalue weighted by Gasteiger charge is -2.21. The highest BCUT2D eigenvalue weighted by Crippen LogP contribution is 2.33. The maximum Gasteiger partial charge on any atom is 0.243 e. The zero-order valence-corrected chi connectivity index (χ0v) is 24.8. The Morgan fingerprint density at radius 1 is 0.738 bits per heavy atom. The Bertz CT molecular complexity index is 1300. The van der Waals surface area contributed by atoms with E-state index in [1.165, 1.54) is 0 Å². The van der Waals surface area contributed by atoms with Gasteiger partial charge in [0.25, 0.3) is 0 Å². The standard InChI is InChI=1S/C34H42N4O4/c1-3-20-38(34(42)23-28-10-11-28)24-32(40)36-30-18-14-26(15-19-30)7-6-25-12-16-29(17-13-25)35-31(39)5-4-21-37(2)33(41)22-27-8-9-27/h12-19,27-28H,3-5,8-11,20-24H2,1-2H3,(H,35,39)(H,36,40). The molecule has 4 amide bonds. The fraction of sp³-hybridized carbons (Fsp3) is 0.471. The number of nitrogens with one attached hydrogen (secondary N) is 2. The van der Waals surface area contributed by atoms with Crippen LogP contribution in [-0.4, -0.2) is 60.1 Å². The van der Waals surface area contributed by atoms with Crippen LogP contribution in [0.5, 0.6) is 0 Å². The van der Waals surface area contributed by atoms with Crippen LogP contribution in [0.3, 0.4) is 0 Å². The molecule has 42 heavy (non-hydrogen) atoms. The summed E-state index contributed by atoms with van der Waals surface area (Å²) >= 11 is 0. The Kier molecular flexibility index (Phi) is 11.2. The number of carbonyl (C=O) groups is 4. The summed E-state index contributed by atoms with van der Waals surface area (Å²) in [6, 6.07) is 14.6.